The van der Waals surface area contributed by atoms with Gasteiger partial charge in [-0.15, -0.1) is 0 Å². The van der Waals surface area contributed by atoms with E-state index in [1.807, 2.05) is 23.5 Å². The summed E-state index contributed by atoms with van der Waals surface area (Å²) < 4.78 is 7.34. The zero-order chi connectivity index (χ0) is 44.0. The van der Waals surface area contributed by atoms with Crippen LogP contribution in [0.1, 0.15) is 0 Å². The first-order valence-electron chi connectivity index (χ1n) is 22.8. The third-order valence-corrected chi connectivity index (χ3v) is 15.9. The summed E-state index contributed by atoms with van der Waals surface area (Å²) in [6.07, 6.45) is 0. The summed E-state index contributed by atoms with van der Waals surface area (Å²) in [6.45, 7) is -0.137. The van der Waals surface area contributed by atoms with Gasteiger partial charge in [0.05, 0.1) is 11.4 Å². The van der Waals surface area contributed by atoms with Gasteiger partial charge < -0.3 is 9.64 Å². The largest absolute Gasteiger partial charge is 0.440 e. The van der Waals surface area contributed by atoms with E-state index in [0.29, 0.717) is 5.88 Å². The van der Waals surface area contributed by atoms with Crippen LogP contribution in [0.3, 0.4) is 0 Å². The molecule has 4 aliphatic rings. The van der Waals surface area contributed by atoms with Crippen LogP contribution in [0, 0.1) is 0 Å². The van der Waals surface area contributed by atoms with E-state index in [0.717, 1.165) is 56.6 Å². The van der Waals surface area contributed by atoms with E-state index in [9.17, 15) is 0 Å². The lowest BCUT2D eigenvalue weighted by Gasteiger charge is -2.41. The van der Waals surface area contributed by atoms with E-state index in [2.05, 4.69) is 234 Å². The van der Waals surface area contributed by atoms with E-state index >= 15 is 0 Å². The summed E-state index contributed by atoms with van der Waals surface area (Å²) in [4.78, 5) is 15.6. The maximum absolute atomic E-state index is 7.34. The number of pyridine rings is 1. The number of nitrogens with zero attached hydrogens (tertiary/aromatic N) is 3. The first kappa shape index (κ1) is 38.6. The molecule has 0 spiro atoms. The topological polar surface area (TPSA) is 28.6 Å². The van der Waals surface area contributed by atoms with Crippen LogP contribution in [-0.4, -0.2) is 18.4 Å². The van der Waals surface area contributed by atoms with Crippen molar-refractivity contribution in [3.63, 3.8) is 0 Å². The molecular weight excluding hydrogens is 852 g/mol. The van der Waals surface area contributed by atoms with E-state index in [1.165, 1.54) is 58.0 Å². The average Bonchev–Trinajstić information content (AvgIpc) is 3.39. The number of rotatable bonds is 6. The highest BCUT2D eigenvalue weighted by Crippen LogP contribution is 2.48. The van der Waals surface area contributed by atoms with Gasteiger partial charge in [0, 0.05) is 48.3 Å². The Kier molecular flexibility index (Phi) is 8.92. The van der Waals surface area contributed by atoms with Gasteiger partial charge in [0.1, 0.15) is 11.6 Å². The Morgan fingerprint density at radius 2 is 0.955 bits per heavy atom. The number of aromatic nitrogens is 1. The second-order valence-electron chi connectivity index (χ2n) is 17.4. The minimum Gasteiger partial charge on any atom is -0.440 e. The highest BCUT2D eigenvalue weighted by molar-refractivity contribution is 8.00. The molecule has 14 rings (SSSR count). The highest BCUT2D eigenvalue weighted by Gasteiger charge is 2.46. The maximum atomic E-state index is 7.34. The van der Waals surface area contributed by atoms with Gasteiger partial charge in [0.2, 0.25) is 5.88 Å². The predicted octanol–water partition coefficient (Wildman–Crippen LogP) is 11.7. The Labute approximate surface area is 399 Å². The summed E-state index contributed by atoms with van der Waals surface area (Å²) in [7, 11) is 0. The number of anilines is 6. The molecule has 0 aliphatic carbocycles. The molecule has 67 heavy (non-hydrogen) atoms. The van der Waals surface area contributed by atoms with Crippen molar-refractivity contribution in [1.82, 2.24) is 4.98 Å². The van der Waals surface area contributed by atoms with Crippen LogP contribution in [0.2, 0.25) is 0 Å². The zero-order valence-electron chi connectivity index (χ0n) is 36.1. The van der Waals surface area contributed by atoms with Crippen LogP contribution in [0.4, 0.5) is 34.3 Å². The lowest BCUT2D eigenvalue weighted by Crippen LogP contribution is -2.63. The van der Waals surface area contributed by atoms with Gasteiger partial charge >= 0.3 is 0 Å². The molecule has 8 heteroatoms. The molecule has 5 heterocycles. The first-order valence-corrected chi connectivity index (χ1v) is 24.4. The van der Waals surface area contributed by atoms with Crippen LogP contribution >= 0.6 is 23.5 Å². The van der Waals surface area contributed by atoms with Crippen LogP contribution in [0.25, 0.3) is 22.3 Å². The number of fused-ring (bicyclic) bond motifs is 8. The fourth-order valence-electron chi connectivity index (χ4n) is 10.7. The first-order chi connectivity index (χ1) is 33.2. The molecule has 10 aromatic rings. The Bertz CT molecular complexity index is 3560. The van der Waals surface area contributed by atoms with Crippen LogP contribution in [-0.2, 0) is 0 Å². The number of hydrogen-bond acceptors (Lipinski definition) is 6. The normalized spacial score (nSPS) is 13.3. The van der Waals surface area contributed by atoms with Crippen molar-refractivity contribution < 1.29 is 4.74 Å². The van der Waals surface area contributed by atoms with Gasteiger partial charge in [-0.3, -0.25) is 4.90 Å². The SMILES string of the molecule is c1ccc(-c2cc3c4c(c2)N(c2ccccc2-c2ccccc2)c2nc5c(cc2B4c2ccccc2S3)B2c3ccccc3Sc3cc(N(c4ccccc4)c4ccccc4)cc(c32)O5)cc1. The third kappa shape index (κ3) is 6.17. The quantitative estimate of drug-likeness (QED) is 0.155. The van der Waals surface area contributed by atoms with Crippen LogP contribution in [0.5, 0.6) is 11.6 Å². The van der Waals surface area contributed by atoms with Crippen molar-refractivity contribution in [2.75, 3.05) is 9.80 Å². The maximum Gasteiger partial charge on any atom is 0.256 e. The molecule has 0 amide bonds. The Morgan fingerprint density at radius 1 is 0.403 bits per heavy atom. The molecule has 0 fully saturated rings. The lowest BCUT2D eigenvalue weighted by atomic mass is 9.32. The number of ether oxygens (including phenoxy) is 1. The third-order valence-electron chi connectivity index (χ3n) is 13.6. The molecule has 0 radical (unpaired) electrons. The molecule has 0 saturated heterocycles. The fourth-order valence-corrected chi connectivity index (χ4v) is 13.2. The lowest BCUT2D eigenvalue weighted by molar-refractivity contribution is 0.467. The monoisotopic (exact) mass is 889 g/mol. The fraction of sp³-hybridized carbons (Fsp3) is 0. The standard InChI is InChI=1S/C59H37B2N3OS2/c1-5-19-38(20-6-1)40-33-50-56-54(34-40)66-52-31-17-14-28-45(52)60(56)47-37-48-59(62-58(47)64(50)49-30-16-13-27-44(49)39-21-7-2-8-22-39)65-51-35-43(36-55-57(51)61(48)46-29-15-18-32-53(46)67-55)63(41-23-9-3-10-24-41)42-25-11-4-12-26-42/h1-37H. The van der Waals surface area contributed by atoms with Gasteiger partial charge in [0.25, 0.3) is 13.4 Å². The molecule has 4 nitrogen and oxygen atoms in total. The van der Waals surface area contributed by atoms with E-state index < -0.39 is 0 Å². The molecule has 0 saturated carbocycles. The zero-order valence-corrected chi connectivity index (χ0v) is 37.7. The van der Waals surface area contributed by atoms with Crippen molar-refractivity contribution in [2.24, 2.45) is 0 Å². The molecule has 312 valence electrons. The van der Waals surface area contributed by atoms with Crippen molar-refractivity contribution in [1.29, 1.82) is 0 Å². The van der Waals surface area contributed by atoms with E-state index in [4.69, 9.17) is 9.72 Å². The molecule has 9 aromatic carbocycles. The Morgan fingerprint density at radius 3 is 1.63 bits per heavy atom. The number of hydrogen-bond donors (Lipinski definition) is 0. The van der Waals surface area contributed by atoms with Crippen LogP contribution < -0.4 is 47.3 Å². The highest BCUT2D eigenvalue weighted by atomic mass is 32.2. The van der Waals surface area contributed by atoms with Gasteiger partial charge in [-0.2, -0.15) is 4.98 Å². The molecule has 0 bridgehead atoms. The summed E-state index contributed by atoms with van der Waals surface area (Å²) in [6, 6.07) is 81.3. The molecule has 4 aliphatic heterocycles. The van der Waals surface area contributed by atoms with Gasteiger partial charge in [0.15, 0.2) is 0 Å². The second-order valence-corrected chi connectivity index (χ2v) is 19.6. The Hall–Kier alpha value is -7.64. The van der Waals surface area contributed by atoms with E-state index in [-0.39, 0.29) is 13.4 Å². The predicted molar refractivity (Wildman–Crippen MR) is 281 cm³/mol. The van der Waals surface area contributed by atoms with E-state index in [1.54, 1.807) is 0 Å². The molecule has 0 unspecified atom stereocenters. The van der Waals surface area contributed by atoms with Crippen LogP contribution in [0.15, 0.2) is 244 Å². The molecule has 1 aromatic heterocycles. The van der Waals surface area contributed by atoms with Gasteiger partial charge in [-0.1, -0.05) is 192 Å². The van der Waals surface area contributed by atoms with Gasteiger partial charge in [-0.25, -0.2) is 0 Å². The smallest absolute Gasteiger partial charge is 0.256 e. The minimum atomic E-state index is -0.0838. The van der Waals surface area contributed by atoms with Gasteiger partial charge in [-0.05, 0) is 99.2 Å². The Balaban J connectivity index is 1.04. The van der Waals surface area contributed by atoms with Crippen molar-refractivity contribution in [3.8, 4) is 33.9 Å². The minimum absolute atomic E-state index is 0.0537. The van der Waals surface area contributed by atoms with Crippen molar-refractivity contribution in [2.45, 2.75) is 19.6 Å². The summed E-state index contributed by atoms with van der Waals surface area (Å²) in [5.74, 6) is 2.35. The average molecular weight is 890 g/mol. The second kappa shape index (κ2) is 15.5. The summed E-state index contributed by atoms with van der Waals surface area (Å²) in [5, 5.41) is 0. The molecule has 0 N–H and O–H groups in total. The molecule has 0 atom stereocenters. The van der Waals surface area contributed by atoms with Crippen molar-refractivity contribution in [3.05, 3.63) is 224 Å². The molecular formula is C59H37B2N3OS2. The summed E-state index contributed by atoms with van der Waals surface area (Å²) in [5.41, 5.74) is 17.4. The number of benzene rings is 9. The summed E-state index contributed by atoms with van der Waals surface area (Å²) >= 11 is 3.71. The number of para-hydroxylation sites is 3. The van der Waals surface area contributed by atoms with Crippen molar-refractivity contribution >= 4 is 104 Å².